The summed E-state index contributed by atoms with van der Waals surface area (Å²) < 4.78 is 26.8. The van der Waals surface area contributed by atoms with Crippen LogP contribution in [0.5, 0.6) is 11.5 Å². The largest absolute Gasteiger partial charge is 0.508 e. The van der Waals surface area contributed by atoms with Crippen LogP contribution in [0.2, 0.25) is 129 Å². The van der Waals surface area contributed by atoms with Gasteiger partial charge in [-0.1, -0.05) is 183 Å². The lowest BCUT2D eigenvalue weighted by Gasteiger charge is -2.35. The molecule has 84 heavy (non-hydrogen) atoms. The van der Waals surface area contributed by atoms with Gasteiger partial charge in [-0.2, -0.15) is 0 Å². The molecule has 0 radical (unpaired) electrons. The minimum Gasteiger partial charge on any atom is -0.508 e. The summed E-state index contributed by atoms with van der Waals surface area (Å²) >= 11 is 0. The fourth-order valence-electron chi connectivity index (χ4n) is 10.8. The molecular formula is C70H116O6Si8. The van der Waals surface area contributed by atoms with Crippen LogP contribution >= 0.6 is 0 Å². The number of unbranched alkanes of at least 4 members (excludes halogenated alkanes) is 2. The van der Waals surface area contributed by atoms with E-state index in [4.69, 9.17) is 16.5 Å². The van der Waals surface area contributed by atoms with Crippen LogP contribution in [0.1, 0.15) is 84.0 Å². The molecule has 2 N–H and O–H groups in total. The summed E-state index contributed by atoms with van der Waals surface area (Å²) in [5.74, 6) is 0.647. The van der Waals surface area contributed by atoms with Gasteiger partial charge < -0.3 is 26.7 Å². The molecular weight excluding hydrogens is 1160 g/mol. The number of hydrogen-bond acceptors (Lipinski definition) is 6. The molecule has 14 heteroatoms. The summed E-state index contributed by atoms with van der Waals surface area (Å²) in [5, 5.41) is 24.6. The SMILES string of the molecule is CCCC[Si](C)(C)O[Si](C)(C)CCCC.Cc1cc([Si](C)(C)O[Si](C)(C)c2ccc(O)c(C)c2)ccc1O.Cc1ccc(CC[Si](C)(C)O[Si](C)(C)CCc2ccc(C)cc2)cc1.Cc1ccc([Si](C)(C)O[Si](C)(C)c2ccc(C)cc2)cc1. The molecule has 6 aromatic rings. The second-order valence-electron chi connectivity index (χ2n) is 28.4. The fraction of sp³-hybridized carbons (Fsp3) is 0.486. The van der Waals surface area contributed by atoms with E-state index in [-0.39, 0.29) is 0 Å². The maximum atomic E-state index is 9.74. The highest BCUT2D eigenvalue weighted by Crippen LogP contribution is 2.27. The summed E-state index contributed by atoms with van der Waals surface area (Å²) in [6, 6.07) is 52.2. The molecule has 0 saturated carbocycles. The summed E-state index contributed by atoms with van der Waals surface area (Å²) in [6.45, 7) is 54.0. The molecule has 0 aliphatic rings. The molecule has 0 bridgehead atoms. The van der Waals surface area contributed by atoms with Gasteiger partial charge in [0.2, 0.25) is 33.3 Å². The number of phenolic OH excluding ortho intramolecular Hbond substituents is 2. The van der Waals surface area contributed by atoms with Crippen molar-refractivity contribution >= 4 is 87.3 Å². The number of hydrogen-bond donors (Lipinski definition) is 2. The lowest BCUT2D eigenvalue weighted by Crippen LogP contribution is -2.57. The van der Waals surface area contributed by atoms with E-state index < -0.39 is 66.5 Å². The van der Waals surface area contributed by atoms with Gasteiger partial charge in [0.15, 0.2) is 33.3 Å². The van der Waals surface area contributed by atoms with E-state index in [0.717, 1.165) is 24.0 Å². The number of benzene rings is 6. The van der Waals surface area contributed by atoms with Gasteiger partial charge in [-0.15, -0.1) is 0 Å². The normalized spacial score (nSPS) is 12.6. The van der Waals surface area contributed by atoms with E-state index in [9.17, 15) is 10.2 Å². The zero-order valence-electron chi connectivity index (χ0n) is 57.3. The summed E-state index contributed by atoms with van der Waals surface area (Å²) in [5.41, 5.74) is 9.92. The molecule has 464 valence electrons. The van der Waals surface area contributed by atoms with Crippen molar-refractivity contribution in [1.82, 2.24) is 0 Å². The Morgan fingerprint density at radius 2 is 0.536 bits per heavy atom. The summed E-state index contributed by atoms with van der Waals surface area (Å²) in [4.78, 5) is 0. The van der Waals surface area contributed by atoms with E-state index >= 15 is 0 Å². The molecule has 0 heterocycles. The van der Waals surface area contributed by atoms with Crippen LogP contribution in [0.4, 0.5) is 0 Å². The highest BCUT2D eigenvalue weighted by Gasteiger charge is 2.38. The van der Waals surface area contributed by atoms with Crippen molar-refractivity contribution in [1.29, 1.82) is 0 Å². The Morgan fingerprint density at radius 1 is 0.298 bits per heavy atom. The molecule has 0 aromatic heterocycles. The quantitative estimate of drug-likeness (QED) is 0.0588. The smallest absolute Gasteiger partial charge is 0.206 e. The van der Waals surface area contributed by atoms with Gasteiger partial charge >= 0.3 is 0 Å². The van der Waals surface area contributed by atoms with Crippen LogP contribution in [0.15, 0.2) is 133 Å². The Bertz CT molecular complexity index is 2700. The van der Waals surface area contributed by atoms with Crippen molar-refractivity contribution in [3.05, 3.63) is 178 Å². The monoisotopic (exact) mass is 1280 g/mol. The first-order valence-electron chi connectivity index (χ1n) is 31.4. The molecule has 6 rings (SSSR count). The van der Waals surface area contributed by atoms with Crippen molar-refractivity contribution in [2.45, 2.75) is 223 Å². The van der Waals surface area contributed by atoms with Crippen molar-refractivity contribution in [3.8, 4) is 11.5 Å². The van der Waals surface area contributed by atoms with Crippen LogP contribution in [0, 0.1) is 41.5 Å². The van der Waals surface area contributed by atoms with E-state index in [1.54, 1.807) is 12.1 Å². The topological polar surface area (TPSA) is 77.4 Å². The molecule has 0 aliphatic heterocycles. The number of rotatable bonds is 24. The van der Waals surface area contributed by atoms with Gasteiger partial charge in [0.1, 0.15) is 11.5 Å². The van der Waals surface area contributed by atoms with E-state index in [0.29, 0.717) is 11.5 Å². The third-order valence-electron chi connectivity index (χ3n) is 15.9. The van der Waals surface area contributed by atoms with Gasteiger partial charge in [-0.25, -0.2) is 0 Å². The zero-order chi connectivity index (χ0) is 63.5. The molecule has 0 aliphatic carbocycles. The second-order valence-corrected chi connectivity index (χ2v) is 62.1. The van der Waals surface area contributed by atoms with Gasteiger partial charge in [-0.3, -0.25) is 0 Å². The third-order valence-corrected chi connectivity index (χ3v) is 45.8. The first-order valence-corrected chi connectivity index (χ1v) is 55.5. The van der Waals surface area contributed by atoms with E-state index in [2.05, 4.69) is 243 Å². The molecule has 0 amide bonds. The third kappa shape index (κ3) is 26.9. The predicted molar refractivity (Wildman–Crippen MR) is 390 cm³/mol. The first kappa shape index (κ1) is 74.7. The molecule has 0 saturated heterocycles. The van der Waals surface area contributed by atoms with Gasteiger partial charge in [-0.05, 0) is 238 Å². The van der Waals surface area contributed by atoms with Crippen LogP contribution in [-0.2, 0) is 29.3 Å². The van der Waals surface area contributed by atoms with E-state index in [1.807, 2.05) is 38.1 Å². The highest BCUT2D eigenvalue weighted by molar-refractivity contribution is 6.97. The Hall–Kier alpha value is -3.50. The predicted octanol–water partition coefficient (Wildman–Crippen LogP) is 18.6. The summed E-state index contributed by atoms with van der Waals surface area (Å²) in [7, 11) is -13.9. The highest BCUT2D eigenvalue weighted by atomic mass is 28.4. The van der Waals surface area contributed by atoms with Crippen molar-refractivity contribution in [2.75, 3.05) is 0 Å². The van der Waals surface area contributed by atoms with E-state index in [1.165, 1.54) is 104 Å². The Morgan fingerprint density at radius 3 is 0.798 bits per heavy atom. The molecule has 0 unspecified atom stereocenters. The molecule has 6 nitrogen and oxygen atoms in total. The molecule has 0 spiro atoms. The molecule has 0 fully saturated rings. The van der Waals surface area contributed by atoms with Gasteiger partial charge in [0.25, 0.3) is 0 Å². The molecule has 6 aromatic carbocycles. The minimum absolute atomic E-state index is 0.323. The first-order chi connectivity index (χ1) is 38.7. The minimum atomic E-state index is -2.09. The Balaban J connectivity index is 0.000000298. The van der Waals surface area contributed by atoms with Crippen molar-refractivity contribution in [3.63, 3.8) is 0 Å². The van der Waals surface area contributed by atoms with Crippen LogP contribution in [0.3, 0.4) is 0 Å². The summed E-state index contributed by atoms with van der Waals surface area (Å²) in [6.07, 6.45) is 7.58. The lowest BCUT2D eigenvalue weighted by molar-refractivity contribution is 0.471. The number of phenols is 2. The number of aromatic hydroxyl groups is 2. The van der Waals surface area contributed by atoms with Crippen LogP contribution in [-0.4, -0.2) is 76.8 Å². The van der Waals surface area contributed by atoms with Crippen LogP contribution < -0.4 is 20.7 Å². The van der Waals surface area contributed by atoms with Crippen molar-refractivity contribution in [2.24, 2.45) is 0 Å². The lowest BCUT2D eigenvalue weighted by atomic mass is 10.1. The maximum Gasteiger partial charge on any atom is 0.206 e. The average molecular weight is 1280 g/mol. The molecule has 0 atom stereocenters. The van der Waals surface area contributed by atoms with Gasteiger partial charge in [0.05, 0.1) is 0 Å². The zero-order valence-corrected chi connectivity index (χ0v) is 65.3. The van der Waals surface area contributed by atoms with Crippen molar-refractivity contribution < 1.29 is 26.7 Å². The Labute approximate surface area is 522 Å². The Kier molecular flexibility index (Phi) is 29.0. The fourth-order valence-corrected chi connectivity index (χ4v) is 44.7. The second kappa shape index (κ2) is 32.6. The van der Waals surface area contributed by atoms with Crippen LogP contribution in [0.25, 0.3) is 0 Å². The van der Waals surface area contributed by atoms with Gasteiger partial charge in [0, 0.05) is 0 Å². The standard InChI is InChI=1S/C22H34OSi2.C18H26O3Si2.C18H26OSi2.C12H30OSi2/c1-19-7-11-21(12-8-19)15-17-24(3,4)23-25(5,6)18-16-22-13-9-20(2)10-14-22;1-13-11-15(7-9-17(13)19)22(3,4)21-23(5,6)16-8-10-18(20)14(2)12-16;1-15-7-11-17(12-8-15)20(3,4)19-21(5,6)18-13-9-16(2)10-14-18;1-7-9-11-14(3,4)13-15(5,6)12-10-8-2/h7-14H,15-18H2,1-6H3;7-12,19-20H,1-6H3;7-14H,1-6H3;7-12H2,1-6H3. The number of aryl methyl sites for hydroxylation is 8. The average Bonchev–Trinajstić information content (AvgIpc) is 3.58. The maximum absolute atomic E-state index is 9.74.